The predicted octanol–water partition coefficient (Wildman–Crippen LogP) is 14.0. The molecule has 0 aliphatic rings. The molecule has 0 fully saturated rings. The first-order valence-corrected chi connectivity index (χ1v) is 19.9. The average Bonchev–Trinajstić information content (AvgIpc) is 3.26. The SMILES string of the molecule is Cc1cc(-c2ccc(C#Cc3ccccc3)cc2)cc(-c2ccc(C#Cc3ccccc3)cc2)c1.Cc1ccc(C(=O)c2ccc(C)cc2)cc1.Cc1cccc(C)c1. The Hall–Kier alpha value is -7.45. The first-order chi connectivity index (χ1) is 28.7. The Morgan fingerprint density at radius 2 is 0.644 bits per heavy atom. The fourth-order valence-corrected chi connectivity index (χ4v) is 6.32. The number of ketones is 1. The van der Waals surface area contributed by atoms with Crippen molar-refractivity contribution in [3.8, 4) is 45.9 Å². The Morgan fingerprint density at radius 3 is 0.983 bits per heavy atom. The average molecular weight is 761 g/mol. The lowest BCUT2D eigenvalue weighted by molar-refractivity contribution is 0.103. The lowest BCUT2D eigenvalue weighted by Gasteiger charge is -2.09. The van der Waals surface area contributed by atoms with Gasteiger partial charge in [-0.1, -0.05) is 192 Å². The van der Waals surface area contributed by atoms with Crippen LogP contribution in [0.25, 0.3) is 22.3 Å². The monoisotopic (exact) mass is 760 g/mol. The summed E-state index contributed by atoms with van der Waals surface area (Å²) < 4.78 is 0. The quantitative estimate of drug-likeness (QED) is 0.129. The van der Waals surface area contributed by atoms with E-state index < -0.39 is 0 Å². The van der Waals surface area contributed by atoms with Crippen molar-refractivity contribution in [2.45, 2.75) is 34.6 Å². The summed E-state index contributed by atoms with van der Waals surface area (Å²) in [4.78, 5) is 12.1. The van der Waals surface area contributed by atoms with Crippen LogP contribution in [0.1, 0.15) is 66.0 Å². The highest BCUT2D eigenvalue weighted by Crippen LogP contribution is 2.29. The van der Waals surface area contributed by atoms with E-state index in [9.17, 15) is 4.79 Å². The smallest absolute Gasteiger partial charge is 0.193 e. The van der Waals surface area contributed by atoms with Gasteiger partial charge in [0.2, 0.25) is 0 Å². The van der Waals surface area contributed by atoms with E-state index in [0.29, 0.717) is 0 Å². The maximum Gasteiger partial charge on any atom is 0.193 e. The zero-order valence-corrected chi connectivity index (χ0v) is 34.5. The van der Waals surface area contributed by atoms with Crippen molar-refractivity contribution >= 4 is 5.78 Å². The molecule has 286 valence electrons. The molecule has 0 spiro atoms. The molecule has 0 atom stereocenters. The van der Waals surface area contributed by atoms with E-state index in [4.69, 9.17) is 0 Å². The minimum atomic E-state index is 0.0833. The number of benzene rings is 8. The lowest BCUT2D eigenvalue weighted by atomic mass is 9.95. The Kier molecular flexibility index (Phi) is 14.4. The molecule has 0 aliphatic carbocycles. The summed E-state index contributed by atoms with van der Waals surface area (Å²) in [7, 11) is 0. The second-order valence-electron chi connectivity index (χ2n) is 14.7. The largest absolute Gasteiger partial charge is 0.289 e. The molecule has 0 aliphatic heterocycles. The van der Waals surface area contributed by atoms with Gasteiger partial charge in [0.15, 0.2) is 5.78 Å². The van der Waals surface area contributed by atoms with Crippen molar-refractivity contribution < 1.29 is 4.79 Å². The lowest BCUT2D eigenvalue weighted by Crippen LogP contribution is -2.00. The molecule has 1 heteroatoms. The van der Waals surface area contributed by atoms with Crippen LogP contribution in [0.4, 0.5) is 0 Å². The zero-order chi connectivity index (χ0) is 41.4. The molecule has 0 heterocycles. The molecule has 0 N–H and O–H groups in total. The number of rotatable bonds is 4. The minimum absolute atomic E-state index is 0.0833. The Labute approximate surface area is 351 Å². The zero-order valence-electron chi connectivity index (χ0n) is 34.5. The number of aryl methyl sites for hydroxylation is 5. The number of hydrogen-bond donors (Lipinski definition) is 0. The summed E-state index contributed by atoms with van der Waals surface area (Å²) in [5.41, 5.74) is 16.6. The molecular formula is C58H48O. The van der Waals surface area contributed by atoms with Crippen molar-refractivity contribution in [2.24, 2.45) is 0 Å². The summed E-state index contributed by atoms with van der Waals surface area (Å²) in [5, 5.41) is 0. The molecule has 59 heavy (non-hydrogen) atoms. The van der Waals surface area contributed by atoms with Crippen LogP contribution in [0.3, 0.4) is 0 Å². The summed E-state index contributed by atoms with van der Waals surface area (Å²) >= 11 is 0. The highest BCUT2D eigenvalue weighted by molar-refractivity contribution is 6.09. The molecule has 8 rings (SSSR count). The maximum absolute atomic E-state index is 12.1. The molecule has 0 radical (unpaired) electrons. The minimum Gasteiger partial charge on any atom is -0.289 e. The molecule has 8 aromatic rings. The third-order valence-corrected chi connectivity index (χ3v) is 9.56. The van der Waals surface area contributed by atoms with Crippen molar-refractivity contribution in [3.63, 3.8) is 0 Å². The topological polar surface area (TPSA) is 17.1 Å². The fourth-order valence-electron chi connectivity index (χ4n) is 6.32. The molecule has 0 aromatic heterocycles. The Balaban J connectivity index is 0.000000199. The molecular weight excluding hydrogens is 713 g/mol. The summed E-state index contributed by atoms with van der Waals surface area (Å²) in [6.45, 7) is 10.4. The van der Waals surface area contributed by atoms with Crippen LogP contribution in [-0.2, 0) is 0 Å². The van der Waals surface area contributed by atoms with Gasteiger partial charge < -0.3 is 0 Å². The van der Waals surface area contributed by atoms with Gasteiger partial charge in [-0.05, 0) is 117 Å². The van der Waals surface area contributed by atoms with Crippen molar-refractivity contribution in [2.75, 3.05) is 0 Å². The van der Waals surface area contributed by atoms with Gasteiger partial charge in [-0.2, -0.15) is 0 Å². The highest BCUT2D eigenvalue weighted by atomic mass is 16.1. The molecule has 0 saturated heterocycles. The van der Waals surface area contributed by atoms with Crippen LogP contribution in [0.15, 0.2) is 200 Å². The van der Waals surface area contributed by atoms with Crippen molar-refractivity contribution in [1.82, 2.24) is 0 Å². The van der Waals surface area contributed by atoms with Gasteiger partial charge >= 0.3 is 0 Å². The van der Waals surface area contributed by atoms with Crippen LogP contribution in [0.5, 0.6) is 0 Å². The Morgan fingerprint density at radius 1 is 0.288 bits per heavy atom. The Bertz CT molecular complexity index is 2530. The number of carbonyl (C=O) groups excluding carboxylic acids is 1. The molecule has 0 saturated carbocycles. The van der Waals surface area contributed by atoms with Gasteiger partial charge in [0.05, 0.1) is 0 Å². The van der Waals surface area contributed by atoms with E-state index in [-0.39, 0.29) is 5.78 Å². The van der Waals surface area contributed by atoms with E-state index >= 15 is 0 Å². The van der Waals surface area contributed by atoms with Gasteiger partial charge in [-0.25, -0.2) is 0 Å². The molecule has 0 amide bonds. The molecule has 0 bridgehead atoms. The van der Waals surface area contributed by atoms with Gasteiger partial charge in [0.1, 0.15) is 0 Å². The summed E-state index contributed by atoms with van der Waals surface area (Å²) in [6.07, 6.45) is 0. The van der Waals surface area contributed by atoms with E-state index in [1.807, 2.05) is 123 Å². The predicted molar refractivity (Wildman–Crippen MR) is 249 cm³/mol. The number of hydrogen-bond acceptors (Lipinski definition) is 1. The maximum atomic E-state index is 12.1. The van der Waals surface area contributed by atoms with E-state index in [1.54, 1.807) is 0 Å². The van der Waals surface area contributed by atoms with Crippen LogP contribution in [-0.4, -0.2) is 5.78 Å². The first-order valence-electron chi connectivity index (χ1n) is 19.9. The van der Waals surface area contributed by atoms with Gasteiger partial charge in [0.25, 0.3) is 0 Å². The number of carbonyl (C=O) groups is 1. The summed E-state index contributed by atoms with van der Waals surface area (Å²) in [6, 6.07) is 67.6. The van der Waals surface area contributed by atoms with Gasteiger partial charge in [-0.3, -0.25) is 4.79 Å². The second-order valence-corrected chi connectivity index (χ2v) is 14.7. The van der Waals surface area contributed by atoms with Crippen LogP contribution in [0, 0.1) is 58.3 Å². The fraction of sp³-hybridized carbons (Fsp3) is 0.0862. The first kappa shape index (κ1) is 41.2. The van der Waals surface area contributed by atoms with Crippen LogP contribution in [0.2, 0.25) is 0 Å². The standard InChI is InChI=1S/C35H24.C15H14O.C8H10/c1-27-24-34(32-20-16-30(17-21-32)14-12-28-8-4-2-5-9-28)26-35(25-27)33-22-18-31(19-23-33)15-13-29-10-6-3-7-11-29;1-11-3-7-13(8-4-11)15(16)14-9-5-12(2)6-10-14;1-7-4-3-5-8(2)6-7/h2-11,16-26H,1H3;3-10H,1-2H3;3-6H,1-2H3. The van der Waals surface area contributed by atoms with Crippen molar-refractivity contribution in [1.29, 1.82) is 0 Å². The molecule has 8 aromatic carbocycles. The van der Waals surface area contributed by atoms with Crippen LogP contribution >= 0.6 is 0 Å². The normalized spacial score (nSPS) is 9.92. The van der Waals surface area contributed by atoms with E-state index in [2.05, 4.69) is 135 Å². The third-order valence-electron chi connectivity index (χ3n) is 9.56. The highest BCUT2D eigenvalue weighted by Gasteiger charge is 2.08. The molecule has 1 nitrogen and oxygen atoms in total. The van der Waals surface area contributed by atoms with Gasteiger partial charge in [0, 0.05) is 33.4 Å². The van der Waals surface area contributed by atoms with Crippen LogP contribution < -0.4 is 0 Å². The summed E-state index contributed by atoms with van der Waals surface area (Å²) in [5.74, 6) is 13.0. The second kappa shape index (κ2) is 20.6. The van der Waals surface area contributed by atoms with E-state index in [1.165, 1.54) is 50.1 Å². The van der Waals surface area contributed by atoms with Gasteiger partial charge in [-0.15, -0.1) is 0 Å². The third kappa shape index (κ3) is 12.8. The van der Waals surface area contributed by atoms with Crippen molar-refractivity contribution in [3.05, 3.63) is 261 Å². The van der Waals surface area contributed by atoms with E-state index in [0.717, 1.165) is 33.4 Å². The molecule has 0 unspecified atom stereocenters.